The summed E-state index contributed by atoms with van der Waals surface area (Å²) in [5, 5.41) is 22.2. The smallest absolute Gasteiger partial charge is 0.119 e. The minimum absolute atomic E-state index is 0.0337. The highest BCUT2D eigenvalue weighted by Crippen LogP contribution is 2.08. The van der Waals surface area contributed by atoms with Crippen LogP contribution in [0.15, 0.2) is 30.3 Å². The van der Waals surface area contributed by atoms with Gasteiger partial charge in [-0.25, -0.2) is 0 Å². The number of nitrogens with one attached hydrogen (secondary N) is 1. The van der Waals surface area contributed by atoms with Gasteiger partial charge in [0.1, 0.15) is 18.5 Å². The van der Waals surface area contributed by atoms with Crippen molar-refractivity contribution in [2.24, 2.45) is 5.92 Å². The lowest BCUT2D eigenvalue weighted by atomic mass is 10.0. The minimum atomic E-state index is -0.582. The van der Waals surface area contributed by atoms with E-state index in [1.165, 1.54) is 0 Å². The van der Waals surface area contributed by atoms with Crippen LogP contribution >= 0.6 is 0 Å². The van der Waals surface area contributed by atoms with E-state index in [0.29, 0.717) is 12.5 Å². The van der Waals surface area contributed by atoms with Crippen molar-refractivity contribution in [1.82, 2.24) is 5.32 Å². The van der Waals surface area contributed by atoms with Crippen molar-refractivity contribution in [3.8, 4) is 5.75 Å². The molecule has 0 fully saturated rings. The lowest BCUT2D eigenvalue weighted by Gasteiger charge is -2.20. The summed E-state index contributed by atoms with van der Waals surface area (Å²) in [5.41, 5.74) is 0. The van der Waals surface area contributed by atoms with Crippen LogP contribution in [-0.4, -0.2) is 42.1 Å². The topological polar surface area (TPSA) is 61.7 Å². The van der Waals surface area contributed by atoms with Gasteiger partial charge in [-0.15, -0.1) is 0 Å². The van der Waals surface area contributed by atoms with Crippen LogP contribution in [-0.2, 0) is 0 Å². The third-order valence-corrected chi connectivity index (χ3v) is 2.80. The molecule has 108 valence electrons. The van der Waals surface area contributed by atoms with E-state index in [1.807, 2.05) is 30.3 Å². The van der Waals surface area contributed by atoms with Gasteiger partial charge in [0.25, 0.3) is 0 Å². The maximum Gasteiger partial charge on any atom is 0.119 e. The number of benzene rings is 1. The maximum atomic E-state index is 9.82. The summed E-state index contributed by atoms with van der Waals surface area (Å²) >= 11 is 0. The second-order valence-corrected chi connectivity index (χ2v) is 5.20. The van der Waals surface area contributed by atoms with E-state index < -0.39 is 6.10 Å². The molecule has 0 aliphatic carbocycles. The van der Waals surface area contributed by atoms with E-state index in [1.54, 1.807) is 0 Å². The van der Waals surface area contributed by atoms with Gasteiger partial charge in [-0.1, -0.05) is 32.0 Å². The molecule has 2 atom stereocenters. The standard InChI is InChI=1S/C15H25NO3/c1-12(2)8-13(10-17)16-9-14(18)11-19-15-6-4-3-5-7-15/h3-7,12-14,16-18H,8-11H2,1-2H3. The van der Waals surface area contributed by atoms with Gasteiger partial charge in [-0.3, -0.25) is 0 Å². The van der Waals surface area contributed by atoms with E-state index in [-0.39, 0.29) is 19.3 Å². The molecule has 0 heterocycles. The average Bonchev–Trinajstić information content (AvgIpc) is 2.42. The Labute approximate surface area is 115 Å². The number of hydrogen-bond donors (Lipinski definition) is 3. The van der Waals surface area contributed by atoms with Crippen molar-refractivity contribution >= 4 is 0 Å². The van der Waals surface area contributed by atoms with Crippen molar-refractivity contribution in [3.63, 3.8) is 0 Å². The van der Waals surface area contributed by atoms with Crippen LogP contribution in [0.1, 0.15) is 20.3 Å². The zero-order chi connectivity index (χ0) is 14.1. The van der Waals surface area contributed by atoms with E-state index in [2.05, 4.69) is 19.2 Å². The lowest BCUT2D eigenvalue weighted by Crippen LogP contribution is -2.40. The van der Waals surface area contributed by atoms with Crippen molar-refractivity contribution < 1.29 is 14.9 Å². The monoisotopic (exact) mass is 267 g/mol. The highest BCUT2D eigenvalue weighted by Gasteiger charge is 2.12. The quantitative estimate of drug-likeness (QED) is 0.633. The molecule has 0 saturated carbocycles. The van der Waals surface area contributed by atoms with Gasteiger partial charge in [0.15, 0.2) is 0 Å². The van der Waals surface area contributed by atoms with Crippen molar-refractivity contribution in [2.75, 3.05) is 19.8 Å². The molecule has 4 heteroatoms. The Hall–Kier alpha value is -1.10. The van der Waals surface area contributed by atoms with Crippen molar-refractivity contribution in [2.45, 2.75) is 32.4 Å². The van der Waals surface area contributed by atoms with Gasteiger partial charge >= 0.3 is 0 Å². The zero-order valence-electron chi connectivity index (χ0n) is 11.7. The Morgan fingerprint density at radius 3 is 2.47 bits per heavy atom. The molecule has 2 unspecified atom stereocenters. The number of aliphatic hydroxyl groups is 2. The molecule has 0 spiro atoms. The van der Waals surface area contributed by atoms with Crippen LogP contribution < -0.4 is 10.1 Å². The fourth-order valence-electron chi connectivity index (χ4n) is 1.86. The van der Waals surface area contributed by atoms with Crippen molar-refractivity contribution in [1.29, 1.82) is 0 Å². The van der Waals surface area contributed by atoms with Crippen LogP contribution in [0.5, 0.6) is 5.75 Å². The van der Waals surface area contributed by atoms with Crippen LogP contribution in [0.4, 0.5) is 0 Å². The highest BCUT2D eigenvalue weighted by atomic mass is 16.5. The van der Waals surface area contributed by atoms with Crippen LogP contribution in [0.3, 0.4) is 0 Å². The zero-order valence-corrected chi connectivity index (χ0v) is 11.7. The molecule has 0 aromatic heterocycles. The summed E-state index contributed by atoms with van der Waals surface area (Å²) in [4.78, 5) is 0. The number of rotatable bonds is 9. The number of para-hydroxylation sites is 1. The molecular weight excluding hydrogens is 242 g/mol. The molecule has 0 aliphatic heterocycles. The molecular formula is C15H25NO3. The van der Waals surface area contributed by atoms with Crippen molar-refractivity contribution in [3.05, 3.63) is 30.3 Å². The van der Waals surface area contributed by atoms with Crippen LogP contribution in [0.25, 0.3) is 0 Å². The molecule has 0 saturated heterocycles. The Kier molecular flexibility index (Phi) is 7.48. The van der Waals surface area contributed by atoms with Gasteiger partial charge in [0.2, 0.25) is 0 Å². The SMILES string of the molecule is CC(C)CC(CO)NCC(O)COc1ccccc1. The Morgan fingerprint density at radius 2 is 1.89 bits per heavy atom. The second-order valence-electron chi connectivity index (χ2n) is 5.20. The average molecular weight is 267 g/mol. The van der Waals surface area contributed by atoms with Crippen LogP contribution in [0, 0.1) is 5.92 Å². The molecule has 19 heavy (non-hydrogen) atoms. The minimum Gasteiger partial charge on any atom is -0.491 e. The largest absolute Gasteiger partial charge is 0.491 e. The predicted molar refractivity (Wildman–Crippen MR) is 76.3 cm³/mol. The van der Waals surface area contributed by atoms with Gasteiger partial charge in [-0.2, -0.15) is 0 Å². The van der Waals surface area contributed by atoms with Gasteiger partial charge in [0.05, 0.1) is 6.61 Å². The normalized spacial score (nSPS) is 14.4. The predicted octanol–water partition coefficient (Wildman–Crippen LogP) is 1.42. The summed E-state index contributed by atoms with van der Waals surface area (Å²) in [6.07, 6.45) is 0.310. The number of ether oxygens (including phenoxy) is 1. The summed E-state index contributed by atoms with van der Waals surface area (Å²) in [5.74, 6) is 1.27. The third-order valence-electron chi connectivity index (χ3n) is 2.80. The maximum absolute atomic E-state index is 9.82. The first kappa shape index (κ1) is 16.0. The first-order chi connectivity index (χ1) is 9.11. The third kappa shape index (κ3) is 7.15. The van der Waals surface area contributed by atoms with E-state index in [4.69, 9.17) is 4.74 Å². The van der Waals surface area contributed by atoms with E-state index in [9.17, 15) is 10.2 Å². The lowest BCUT2D eigenvalue weighted by molar-refractivity contribution is 0.0981. The molecule has 0 aliphatic rings. The second kappa shape index (κ2) is 8.91. The summed E-state index contributed by atoms with van der Waals surface area (Å²) in [7, 11) is 0. The first-order valence-electron chi connectivity index (χ1n) is 6.82. The molecule has 3 N–H and O–H groups in total. The molecule has 0 amide bonds. The van der Waals surface area contributed by atoms with Gasteiger partial charge in [0, 0.05) is 12.6 Å². The molecule has 1 aromatic carbocycles. The molecule has 4 nitrogen and oxygen atoms in total. The summed E-state index contributed by atoms with van der Waals surface area (Å²) in [6.45, 7) is 4.98. The fraction of sp³-hybridized carbons (Fsp3) is 0.600. The number of aliphatic hydroxyl groups excluding tert-OH is 2. The number of hydrogen-bond acceptors (Lipinski definition) is 4. The highest BCUT2D eigenvalue weighted by molar-refractivity contribution is 5.20. The Morgan fingerprint density at radius 1 is 1.21 bits per heavy atom. The molecule has 0 bridgehead atoms. The molecule has 0 radical (unpaired) electrons. The van der Waals surface area contributed by atoms with Gasteiger partial charge < -0.3 is 20.3 Å². The first-order valence-corrected chi connectivity index (χ1v) is 6.82. The fourth-order valence-corrected chi connectivity index (χ4v) is 1.86. The van der Waals surface area contributed by atoms with E-state index in [0.717, 1.165) is 12.2 Å². The summed E-state index contributed by atoms with van der Waals surface area (Å²) < 4.78 is 5.46. The van der Waals surface area contributed by atoms with Gasteiger partial charge in [-0.05, 0) is 24.5 Å². The van der Waals surface area contributed by atoms with Crippen LogP contribution in [0.2, 0.25) is 0 Å². The Balaban J connectivity index is 2.21. The molecule has 1 rings (SSSR count). The summed E-state index contributed by atoms with van der Waals surface area (Å²) in [6, 6.07) is 9.45. The van der Waals surface area contributed by atoms with E-state index >= 15 is 0 Å². The molecule has 1 aromatic rings. The Bertz CT molecular complexity index is 329.